The molecule has 0 aromatic heterocycles. The molecule has 1 heterocycles. The summed E-state index contributed by atoms with van der Waals surface area (Å²) < 4.78 is 0. The third kappa shape index (κ3) is 3.71. The van der Waals surface area contributed by atoms with Gasteiger partial charge in [0.1, 0.15) is 7.28 Å². The van der Waals surface area contributed by atoms with E-state index < -0.39 is 0 Å². The molecule has 2 unspecified atom stereocenters. The Morgan fingerprint density at radius 2 is 1.75 bits per heavy atom. The van der Waals surface area contributed by atoms with Gasteiger partial charge in [0.05, 0.1) is 10.9 Å². The molecule has 0 radical (unpaired) electrons. The van der Waals surface area contributed by atoms with Gasteiger partial charge >= 0.3 is 0 Å². The summed E-state index contributed by atoms with van der Waals surface area (Å²) in [6, 6.07) is 7.95. The Kier molecular flexibility index (Phi) is 5.85. The number of carbonyl (C=O) groups excluding carboxylic acids is 2. The number of carbonyl (C=O) groups is 2. The molecule has 1 saturated heterocycles. The van der Waals surface area contributed by atoms with E-state index in [1.807, 2.05) is 12.1 Å². The first-order valence-electron chi connectivity index (χ1n) is 8.81. The maximum atomic E-state index is 12.6. The Hall–Kier alpha value is -1.23. The summed E-state index contributed by atoms with van der Waals surface area (Å²) in [6.45, 7) is 13.1. The number of hydrogen-bond donors (Lipinski definition) is 0. The van der Waals surface area contributed by atoms with Crippen LogP contribution < -0.4 is 4.90 Å². The van der Waals surface area contributed by atoms with Crippen molar-refractivity contribution < 1.29 is 9.59 Å². The van der Waals surface area contributed by atoms with E-state index in [1.54, 1.807) is 11.8 Å². The summed E-state index contributed by atoms with van der Waals surface area (Å²) in [5.41, 5.74) is 2.01. The predicted octanol–water partition coefficient (Wildman–Crippen LogP) is 4.03. The largest absolute Gasteiger partial charge is 0.274 e. The molecule has 5 heteroatoms. The van der Waals surface area contributed by atoms with Crippen LogP contribution >= 0.6 is 11.8 Å². The molecule has 3 nitrogen and oxygen atoms in total. The standard InChI is InChI=1S/C19H28BNO2S/c1-12(2)24-16-11-17(22)21(18(16)23)15-9-7-14(8-10-15)19(4,5)13(3)20-6/h7-10,12-13,16,20H,11H2,1-6H3. The zero-order chi connectivity index (χ0) is 18.1. The molecule has 1 aliphatic heterocycles. The highest BCUT2D eigenvalue weighted by Gasteiger charge is 2.40. The molecule has 1 aromatic carbocycles. The maximum Gasteiger partial charge on any atom is 0.247 e. The van der Waals surface area contributed by atoms with E-state index in [2.05, 4.69) is 53.6 Å². The van der Waals surface area contributed by atoms with Gasteiger partial charge in [0.2, 0.25) is 11.8 Å². The first-order valence-corrected chi connectivity index (χ1v) is 9.75. The number of nitrogens with zero attached hydrogens (tertiary/aromatic N) is 1. The fourth-order valence-electron chi connectivity index (χ4n) is 3.15. The second kappa shape index (κ2) is 7.34. The summed E-state index contributed by atoms with van der Waals surface area (Å²) in [5.74, 6) is 0.393. The van der Waals surface area contributed by atoms with E-state index in [9.17, 15) is 9.59 Å². The number of thioether (sulfide) groups is 1. The number of anilines is 1. The molecular weight excluding hydrogens is 317 g/mol. The first-order chi connectivity index (χ1) is 11.2. The number of hydrogen-bond acceptors (Lipinski definition) is 3. The minimum absolute atomic E-state index is 0.0718. The van der Waals surface area contributed by atoms with Crippen molar-refractivity contribution in [1.82, 2.24) is 0 Å². The van der Waals surface area contributed by atoms with E-state index in [0.717, 1.165) is 7.28 Å². The van der Waals surface area contributed by atoms with Gasteiger partial charge < -0.3 is 0 Å². The second-order valence-corrected chi connectivity index (χ2v) is 9.31. The molecule has 1 fully saturated rings. The van der Waals surface area contributed by atoms with Gasteiger partial charge in [-0.05, 0) is 28.4 Å². The highest BCUT2D eigenvalue weighted by Crippen LogP contribution is 2.37. The lowest BCUT2D eigenvalue weighted by molar-refractivity contribution is -0.121. The highest BCUT2D eigenvalue weighted by atomic mass is 32.2. The molecule has 24 heavy (non-hydrogen) atoms. The van der Waals surface area contributed by atoms with Gasteiger partial charge in [0.15, 0.2) is 0 Å². The highest BCUT2D eigenvalue weighted by molar-refractivity contribution is 8.01. The predicted molar refractivity (Wildman–Crippen MR) is 106 cm³/mol. The number of imide groups is 1. The summed E-state index contributed by atoms with van der Waals surface area (Å²) in [5, 5.41) is 0.0964. The van der Waals surface area contributed by atoms with E-state index in [-0.39, 0.29) is 22.5 Å². The molecule has 2 atom stereocenters. The molecule has 1 aliphatic rings. The van der Waals surface area contributed by atoms with Crippen LogP contribution in [0.3, 0.4) is 0 Å². The quantitative estimate of drug-likeness (QED) is 0.577. The van der Waals surface area contributed by atoms with Crippen molar-refractivity contribution in [3.8, 4) is 0 Å². The van der Waals surface area contributed by atoms with Crippen LogP contribution in [0.5, 0.6) is 0 Å². The SMILES string of the molecule is CBC(C)C(C)(C)c1ccc(N2C(=O)CC(SC(C)C)C2=O)cc1. The first kappa shape index (κ1) is 19.1. The number of benzene rings is 1. The third-order valence-electron chi connectivity index (χ3n) is 5.26. The molecular formula is C19H28BNO2S. The molecule has 2 amide bonds. The van der Waals surface area contributed by atoms with Crippen LogP contribution in [0.15, 0.2) is 24.3 Å². The van der Waals surface area contributed by atoms with Gasteiger partial charge in [0.25, 0.3) is 0 Å². The van der Waals surface area contributed by atoms with Gasteiger partial charge in [-0.1, -0.05) is 59.4 Å². The normalized spacial score (nSPS) is 20.0. The Morgan fingerprint density at radius 3 is 2.25 bits per heavy atom. The molecule has 0 N–H and O–H groups in total. The Morgan fingerprint density at radius 1 is 1.17 bits per heavy atom. The van der Waals surface area contributed by atoms with Crippen LogP contribution in [0.1, 0.15) is 46.6 Å². The smallest absolute Gasteiger partial charge is 0.247 e. The third-order valence-corrected chi connectivity index (χ3v) is 6.50. The number of rotatable bonds is 6. The zero-order valence-electron chi connectivity index (χ0n) is 15.6. The van der Waals surface area contributed by atoms with Crippen molar-refractivity contribution >= 4 is 36.5 Å². The second-order valence-electron chi connectivity index (χ2n) is 7.52. The van der Waals surface area contributed by atoms with E-state index >= 15 is 0 Å². The van der Waals surface area contributed by atoms with Crippen molar-refractivity contribution in [1.29, 1.82) is 0 Å². The lowest BCUT2D eigenvalue weighted by Gasteiger charge is -2.32. The van der Waals surface area contributed by atoms with Crippen molar-refractivity contribution in [2.24, 2.45) is 0 Å². The van der Waals surface area contributed by atoms with Crippen molar-refractivity contribution in [3.63, 3.8) is 0 Å². The summed E-state index contributed by atoms with van der Waals surface area (Å²) in [4.78, 5) is 26.2. The minimum atomic E-state index is -0.242. The fourth-order valence-corrected chi connectivity index (χ4v) is 4.26. The van der Waals surface area contributed by atoms with Crippen LogP contribution in [0.25, 0.3) is 0 Å². The number of amides is 2. The zero-order valence-corrected chi connectivity index (χ0v) is 16.4. The monoisotopic (exact) mass is 345 g/mol. The van der Waals surface area contributed by atoms with Crippen molar-refractivity contribution in [2.75, 3.05) is 4.90 Å². The maximum absolute atomic E-state index is 12.6. The van der Waals surface area contributed by atoms with Gasteiger partial charge in [0, 0.05) is 6.42 Å². The average Bonchev–Trinajstić information content (AvgIpc) is 2.80. The molecule has 1 aromatic rings. The molecule has 0 aliphatic carbocycles. The minimum Gasteiger partial charge on any atom is -0.274 e. The van der Waals surface area contributed by atoms with Crippen LogP contribution in [-0.4, -0.2) is 29.6 Å². The molecule has 0 spiro atoms. The summed E-state index contributed by atoms with van der Waals surface area (Å²) >= 11 is 1.57. The van der Waals surface area contributed by atoms with E-state index in [4.69, 9.17) is 0 Å². The van der Waals surface area contributed by atoms with Gasteiger partial charge in [-0.25, -0.2) is 4.90 Å². The fraction of sp³-hybridized carbons (Fsp3) is 0.579. The molecule has 2 rings (SSSR count). The van der Waals surface area contributed by atoms with Crippen molar-refractivity contribution in [3.05, 3.63) is 29.8 Å². The summed E-state index contributed by atoms with van der Waals surface area (Å²) in [6.07, 6.45) is 0.307. The Bertz CT molecular complexity index is 612. The topological polar surface area (TPSA) is 37.4 Å². The molecule has 0 saturated carbocycles. The van der Waals surface area contributed by atoms with Crippen LogP contribution in [-0.2, 0) is 15.0 Å². The molecule has 0 bridgehead atoms. The van der Waals surface area contributed by atoms with Gasteiger partial charge in [-0.3, -0.25) is 9.59 Å². The van der Waals surface area contributed by atoms with Crippen LogP contribution in [0.4, 0.5) is 5.69 Å². The van der Waals surface area contributed by atoms with Gasteiger partial charge in [-0.2, -0.15) is 0 Å². The lowest BCUT2D eigenvalue weighted by Crippen LogP contribution is -2.31. The lowest BCUT2D eigenvalue weighted by atomic mass is 9.55. The van der Waals surface area contributed by atoms with Crippen molar-refractivity contribution in [2.45, 2.75) is 69.6 Å². The van der Waals surface area contributed by atoms with Crippen LogP contribution in [0.2, 0.25) is 12.6 Å². The van der Waals surface area contributed by atoms with Crippen LogP contribution in [0, 0.1) is 0 Å². The molecule has 130 valence electrons. The van der Waals surface area contributed by atoms with Gasteiger partial charge in [-0.15, -0.1) is 11.8 Å². The average molecular weight is 345 g/mol. The van der Waals surface area contributed by atoms with E-state index in [0.29, 0.717) is 23.2 Å². The van der Waals surface area contributed by atoms with E-state index in [1.165, 1.54) is 10.5 Å². The Balaban J connectivity index is 2.22. The summed E-state index contributed by atoms with van der Waals surface area (Å²) in [7, 11) is 1.12. The Labute approximate surface area is 150 Å².